The van der Waals surface area contributed by atoms with E-state index in [9.17, 15) is 18.7 Å². The van der Waals surface area contributed by atoms with Gasteiger partial charge in [0.1, 0.15) is 5.60 Å². The molecule has 0 radical (unpaired) electrons. The first-order chi connectivity index (χ1) is 14.4. The van der Waals surface area contributed by atoms with Crippen molar-refractivity contribution in [2.24, 2.45) is 11.8 Å². The quantitative estimate of drug-likeness (QED) is 0.728. The van der Waals surface area contributed by atoms with E-state index in [0.717, 1.165) is 18.4 Å². The number of alkyl halides is 2. The van der Waals surface area contributed by atoms with E-state index >= 15 is 0 Å². The number of ether oxygens (including phenoxy) is 2. The molecule has 3 fully saturated rings. The number of phenols is 1. The molecule has 1 saturated carbocycles. The molecule has 7 heteroatoms. The monoisotopic (exact) mass is 421 g/mol. The van der Waals surface area contributed by atoms with Crippen LogP contribution in [0.4, 0.5) is 8.78 Å². The summed E-state index contributed by atoms with van der Waals surface area (Å²) in [5, 5.41) is 10.4. The molecule has 1 aliphatic carbocycles. The van der Waals surface area contributed by atoms with Crippen molar-refractivity contribution in [2.75, 3.05) is 19.7 Å². The highest BCUT2D eigenvalue weighted by Gasteiger charge is 2.53. The van der Waals surface area contributed by atoms with Crippen LogP contribution in [0.3, 0.4) is 0 Å². The zero-order chi connectivity index (χ0) is 20.9. The SMILES string of the molecule is O=C(C1CCC(F)(F)CC1)N1CCC2(CC1)Oc1c(O)cccc1[C@H]1OCCC[C@@H]12. The lowest BCUT2D eigenvalue weighted by molar-refractivity contribution is -0.160. The van der Waals surface area contributed by atoms with Crippen molar-refractivity contribution >= 4 is 5.91 Å². The Morgan fingerprint density at radius 2 is 1.83 bits per heavy atom. The van der Waals surface area contributed by atoms with Crippen molar-refractivity contribution in [2.45, 2.75) is 69.0 Å². The highest BCUT2D eigenvalue weighted by atomic mass is 19.3. The number of nitrogens with zero attached hydrogens (tertiary/aromatic N) is 1. The first-order valence-corrected chi connectivity index (χ1v) is 11.2. The van der Waals surface area contributed by atoms with E-state index in [4.69, 9.17) is 9.47 Å². The number of piperidine rings is 1. The van der Waals surface area contributed by atoms with Crippen molar-refractivity contribution in [1.82, 2.24) is 4.90 Å². The van der Waals surface area contributed by atoms with Gasteiger partial charge < -0.3 is 19.5 Å². The van der Waals surface area contributed by atoms with Gasteiger partial charge in [-0.3, -0.25) is 4.79 Å². The Kier molecular flexibility index (Phi) is 4.92. The fourth-order valence-corrected chi connectivity index (χ4v) is 5.91. The summed E-state index contributed by atoms with van der Waals surface area (Å²) in [6, 6.07) is 5.41. The smallest absolute Gasteiger partial charge is 0.248 e. The summed E-state index contributed by atoms with van der Waals surface area (Å²) in [5.74, 6) is -2.08. The number of aromatic hydroxyl groups is 1. The van der Waals surface area contributed by atoms with Crippen LogP contribution in [0.25, 0.3) is 0 Å². The maximum absolute atomic E-state index is 13.5. The molecule has 3 heterocycles. The van der Waals surface area contributed by atoms with Gasteiger partial charge in [-0.15, -0.1) is 0 Å². The number of halogens is 2. The summed E-state index contributed by atoms with van der Waals surface area (Å²) in [7, 11) is 0. The second kappa shape index (κ2) is 7.36. The number of rotatable bonds is 1. The average Bonchev–Trinajstić information content (AvgIpc) is 2.75. The van der Waals surface area contributed by atoms with Crippen LogP contribution in [0, 0.1) is 11.8 Å². The minimum atomic E-state index is -2.62. The van der Waals surface area contributed by atoms with E-state index in [1.807, 2.05) is 17.0 Å². The van der Waals surface area contributed by atoms with Crippen LogP contribution in [0.15, 0.2) is 18.2 Å². The molecular weight excluding hydrogens is 392 g/mol. The van der Waals surface area contributed by atoms with Crippen LogP contribution < -0.4 is 4.74 Å². The second-order valence-corrected chi connectivity index (χ2v) is 9.36. The van der Waals surface area contributed by atoms with E-state index in [1.165, 1.54) is 0 Å². The number of carbonyl (C=O) groups excluding carboxylic acids is 1. The lowest BCUT2D eigenvalue weighted by atomic mass is 9.69. The molecule has 1 N–H and O–H groups in total. The maximum Gasteiger partial charge on any atom is 0.248 e. The maximum atomic E-state index is 13.5. The van der Waals surface area contributed by atoms with E-state index < -0.39 is 11.5 Å². The number of amides is 1. The fourth-order valence-electron chi connectivity index (χ4n) is 5.91. The van der Waals surface area contributed by atoms with E-state index in [-0.39, 0.29) is 55.3 Å². The lowest BCUT2D eigenvalue weighted by Gasteiger charge is -2.53. The van der Waals surface area contributed by atoms with Crippen molar-refractivity contribution in [1.29, 1.82) is 0 Å². The Labute approximate surface area is 175 Å². The van der Waals surface area contributed by atoms with Crippen LogP contribution in [0.2, 0.25) is 0 Å². The van der Waals surface area contributed by atoms with Crippen LogP contribution >= 0.6 is 0 Å². The number of fused-ring (bicyclic) bond motifs is 4. The molecule has 1 aromatic rings. The molecule has 0 aromatic heterocycles. The second-order valence-electron chi connectivity index (χ2n) is 9.36. The molecule has 1 spiro atoms. The minimum absolute atomic E-state index is 0.0100. The predicted molar refractivity (Wildman–Crippen MR) is 106 cm³/mol. The molecule has 164 valence electrons. The lowest BCUT2D eigenvalue weighted by Crippen LogP contribution is -2.58. The van der Waals surface area contributed by atoms with Gasteiger partial charge in [-0.25, -0.2) is 8.78 Å². The molecule has 3 aliphatic heterocycles. The summed E-state index contributed by atoms with van der Waals surface area (Å²) in [6.07, 6.45) is 3.35. The van der Waals surface area contributed by atoms with Crippen LogP contribution in [-0.4, -0.2) is 47.1 Å². The number of hydrogen-bond acceptors (Lipinski definition) is 4. The number of hydrogen-bond donors (Lipinski definition) is 1. The molecule has 5 nitrogen and oxygen atoms in total. The molecule has 5 rings (SSSR count). The largest absolute Gasteiger partial charge is 0.504 e. The third-order valence-corrected chi connectivity index (χ3v) is 7.62. The molecule has 4 aliphatic rings. The van der Waals surface area contributed by atoms with Gasteiger partial charge in [-0.05, 0) is 31.7 Å². The molecule has 1 aromatic carbocycles. The van der Waals surface area contributed by atoms with E-state index in [2.05, 4.69) is 0 Å². The van der Waals surface area contributed by atoms with Crippen LogP contribution in [0.1, 0.15) is 63.0 Å². The Hall–Kier alpha value is -1.89. The standard InChI is InChI=1S/C23H29F2NO4/c24-23(25)8-6-15(7-9-23)21(28)26-12-10-22(11-13-26)17-4-2-14-29-19(17)16-3-1-5-18(27)20(16)30-22/h1,3,5,15,17,19,27H,2,4,6-14H2/t17-,19+/m0/s1. The zero-order valence-corrected chi connectivity index (χ0v) is 17.1. The molecule has 30 heavy (non-hydrogen) atoms. The van der Waals surface area contributed by atoms with Gasteiger partial charge in [0.15, 0.2) is 11.5 Å². The summed E-state index contributed by atoms with van der Waals surface area (Å²) in [6.45, 7) is 1.80. The predicted octanol–water partition coefficient (Wildman–Crippen LogP) is 4.44. The summed E-state index contributed by atoms with van der Waals surface area (Å²) >= 11 is 0. The Bertz CT molecular complexity index is 811. The van der Waals surface area contributed by atoms with Crippen molar-refractivity contribution in [3.63, 3.8) is 0 Å². The molecule has 1 amide bonds. The van der Waals surface area contributed by atoms with Crippen LogP contribution in [0.5, 0.6) is 11.5 Å². The zero-order valence-electron chi connectivity index (χ0n) is 17.1. The topological polar surface area (TPSA) is 59.0 Å². The molecule has 0 bridgehead atoms. The first-order valence-electron chi connectivity index (χ1n) is 11.2. The Balaban J connectivity index is 1.32. The molecule has 2 saturated heterocycles. The van der Waals surface area contributed by atoms with Gasteiger partial charge in [0, 0.05) is 62.8 Å². The third-order valence-electron chi connectivity index (χ3n) is 7.62. The fraction of sp³-hybridized carbons (Fsp3) is 0.696. The minimum Gasteiger partial charge on any atom is -0.504 e. The van der Waals surface area contributed by atoms with Crippen molar-refractivity contribution in [3.05, 3.63) is 23.8 Å². The number of benzene rings is 1. The number of para-hydroxylation sites is 1. The highest BCUT2D eigenvalue weighted by molar-refractivity contribution is 5.79. The van der Waals surface area contributed by atoms with E-state index in [1.54, 1.807) is 6.07 Å². The van der Waals surface area contributed by atoms with Crippen molar-refractivity contribution < 1.29 is 28.2 Å². The molecule has 0 unspecified atom stereocenters. The van der Waals surface area contributed by atoms with Gasteiger partial charge in [0.25, 0.3) is 0 Å². The van der Waals surface area contributed by atoms with Gasteiger partial charge in [0.2, 0.25) is 11.8 Å². The average molecular weight is 421 g/mol. The van der Waals surface area contributed by atoms with Gasteiger partial charge in [0.05, 0.1) is 6.10 Å². The van der Waals surface area contributed by atoms with Gasteiger partial charge >= 0.3 is 0 Å². The Morgan fingerprint density at radius 3 is 2.57 bits per heavy atom. The summed E-state index contributed by atoms with van der Waals surface area (Å²) in [4.78, 5) is 14.8. The Morgan fingerprint density at radius 1 is 1.10 bits per heavy atom. The summed E-state index contributed by atoms with van der Waals surface area (Å²) < 4.78 is 39.6. The van der Waals surface area contributed by atoms with Crippen molar-refractivity contribution in [3.8, 4) is 11.5 Å². The third kappa shape index (κ3) is 3.35. The highest BCUT2D eigenvalue weighted by Crippen LogP contribution is 2.55. The number of carbonyl (C=O) groups is 1. The summed E-state index contributed by atoms with van der Waals surface area (Å²) in [5.41, 5.74) is 0.444. The van der Waals surface area contributed by atoms with E-state index in [0.29, 0.717) is 38.3 Å². The first kappa shape index (κ1) is 20.0. The molecular formula is C23H29F2NO4. The number of likely N-dealkylation sites (tertiary alicyclic amines) is 1. The van der Waals surface area contributed by atoms with Gasteiger partial charge in [-0.2, -0.15) is 0 Å². The van der Waals surface area contributed by atoms with Crippen LogP contribution in [-0.2, 0) is 9.53 Å². The molecule has 2 atom stereocenters. The van der Waals surface area contributed by atoms with Gasteiger partial charge in [-0.1, -0.05) is 12.1 Å². The number of phenolic OH excluding ortho intramolecular Hbond substituents is 1. The normalized spacial score (nSPS) is 30.3.